The average molecular weight is 291 g/mol. The average Bonchev–Trinajstić information content (AvgIpc) is 2.49. The maximum Gasteiger partial charge on any atom is 0.164 e. The molecule has 1 aliphatic heterocycles. The summed E-state index contributed by atoms with van der Waals surface area (Å²) in [5.41, 5.74) is 1.09. The second kappa shape index (κ2) is 7.69. The topological polar surface area (TPSA) is 20.3 Å². The molecule has 1 aromatic carbocycles. The number of rotatable bonds is 6. The molecule has 3 heteroatoms. The molecule has 0 atom stereocenters. The summed E-state index contributed by atoms with van der Waals surface area (Å²) in [5, 5.41) is 0. The van der Waals surface area contributed by atoms with E-state index in [1.165, 1.54) is 31.7 Å². The van der Waals surface area contributed by atoms with Crippen LogP contribution in [-0.4, -0.2) is 30.3 Å². The van der Waals surface area contributed by atoms with E-state index in [2.05, 4.69) is 11.8 Å². The van der Waals surface area contributed by atoms with Crippen LogP contribution < -0.4 is 0 Å². The van der Waals surface area contributed by atoms with Crippen LogP contribution in [0, 0.1) is 18.7 Å². The number of benzene rings is 1. The van der Waals surface area contributed by atoms with Gasteiger partial charge in [0.25, 0.3) is 0 Å². The summed E-state index contributed by atoms with van der Waals surface area (Å²) >= 11 is 0. The smallest absolute Gasteiger partial charge is 0.164 e. The largest absolute Gasteiger partial charge is 0.303 e. The summed E-state index contributed by atoms with van der Waals surface area (Å²) in [6, 6.07) is 4.78. The predicted molar refractivity (Wildman–Crippen MR) is 84.2 cm³/mol. The second-order valence-corrected chi connectivity index (χ2v) is 6.21. The number of aryl methyl sites for hydroxylation is 1. The highest BCUT2D eigenvalue weighted by molar-refractivity contribution is 5.96. The summed E-state index contributed by atoms with van der Waals surface area (Å²) in [6.07, 6.45) is 5.58. The number of likely N-dealkylation sites (tertiary alicyclic amines) is 1. The fourth-order valence-electron chi connectivity index (χ4n) is 3.08. The van der Waals surface area contributed by atoms with Crippen molar-refractivity contribution in [2.45, 2.75) is 46.0 Å². The molecule has 2 rings (SSSR count). The molecule has 0 bridgehead atoms. The Balaban J connectivity index is 1.78. The number of piperidine rings is 1. The van der Waals surface area contributed by atoms with E-state index in [9.17, 15) is 9.18 Å². The molecule has 0 aromatic heterocycles. The van der Waals surface area contributed by atoms with Crippen LogP contribution in [0.3, 0.4) is 0 Å². The van der Waals surface area contributed by atoms with E-state index in [1.807, 2.05) is 0 Å². The molecule has 1 fully saturated rings. The van der Waals surface area contributed by atoms with Gasteiger partial charge in [-0.2, -0.15) is 0 Å². The molecule has 116 valence electrons. The Kier molecular flexibility index (Phi) is 5.92. The van der Waals surface area contributed by atoms with Gasteiger partial charge in [-0.3, -0.25) is 4.79 Å². The predicted octanol–water partition coefficient (Wildman–Crippen LogP) is 4.22. The summed E-state index contributed by atoms with van der Waals surface area (Å²) in [6.45, 7) is 6.95. The lowest BCUT2D eigenvalue weighted by molar-refractivity contribution is 0.0949. The van der Waals surface area contributed by atoms with Crippen molar-refractivity contribution in [1.82, 2.24) is 4.90 Å². The molecule has 2 nitrogen and oxygen atoms in total. The highest BCUT2D eigenvalue weighted by Crippen LogP contribution is 2.22. The van der Waals surface area contributed by atoms with Gasteiger partial charge in [-0.1, -0.05) is 31.9 Å². The number of carbonyl (C=O) groups excluding carboxylic acids is 1. The molecule has 1 aliphatic rings. The Morgan fingerprint density at radius 1 is 1.33 bits per heavy atom. The van der Waals surface area contributed by atoms with Crippen LogP contribution in [-0.2, 0) is 0 Å². The van der Waals surface area contributed by atoms with Crippen molar-refractivity contribution in [3.05, 3.63) is 35.1 Å². The van der Waals surface area contributed by atoms with Crippen LogP contribution in [0.2, 0.25) is 0 Å². The maximum atomic E-state index is 13.5. The lowest BCUT2D eigenvalue weighted by atomic mass is 9.92. The molecule has 0 aliphatic carbocycles. The zero-order chi connectivity index (χ0) is 15.2. The van der Waals surface area contributed by atoms with Crippen LogP contribution in [0.15, 0.2) is 18.2 Å². The molecular formula is C18H26FNO. The first-order chi connectivity index (χ1) is 10.1. The zero-order valence-corrected chi connectivity index (χ0v) is 13.2. The Hall–Kier alpha value is -1.22. The number of ketones is 1. The monoisotopic (exact) mass is 291 g/mol. The minimum Gasteiger partial charge on any atom is -0.303 e. The van der Waals surface area contributed by atoms with E-state index in [0.29, 0.717) is 17.5 Å². The van der Waals surface area contributed by atoms with Crippen molar-refractivity contribution >= 4 is 5.78 Å². The lowest BCUT2D eigenvalue weighted by Gasteiger charge is -2.31. The van der Waals surface area contributed by atoms with Gasteiger partial charge in [-0.25, -0.2) is 4.39 Å². The quantitative estimate of drug-likeness (QED) is 0.731. The van der Waals surface area contributed by atoms with Crippen LogP contribution in [0.4, 0.5) is 4.39 Å². The number of hydrogen-bond acceptors (Lipinski definition) is 2. The van der Waals surface area contributed by atoms with Gasteiger partial charge in [0.15, 0.2) is 5.78 Å². The molecule has 0 spiro atoms. The molecule has 1 saturated heterocycles. The van der Waals surface area contributed by atoms with Crippen molar-refractivity contribution < 1.29 is 9.18 Å². The molecular weight excluding hydrogens is 265 g/mol. The van der Waals surface area contributed by atoms with Gasteiger partial charge in [0.2, 0.25) is 0 Å². The summed E-state index contributed by atoms with van der Waals surface area (Å²) in [7, 11) is 0. The van der Waals surface area contributed by atoms with Crippen LogP contribution >= 0.6 is 0 Å². The Bertz CT molecular complexity index is 478. The van der Waals surface area contributed by atoms with Crippen molar-refractivity contribution in [1.29, 1.82) is 0 Å². The fraction of sp³-hybridized carbons (Fsp3) is 0.611. The van der Waals surface area contributed by atoms with Gasteiger partial charge in [-0.05, 0) is 50.4 Å². The highest BCUT2D eigenvalue weighted by atomic mass is 19.1. The summed E-state index contributed by atoms with van der Waals surface area (Å²) in [4.78, 5) is 14.5. The third-order valence-corrected chi connectivity index (χ3v) is 4.55. The zero-order valence-electron chi connectivity index (χ0n) is 13.2. The molecule has 0 radical (unpaired) electrons. The number of nitrogens with zero attached hydrogens (tertiary/aromatic N) is 1. The molecule has 0 unspecified atom stereocenters. The van der Waals surface area contributed by atoms with E-state index in [1.54, 1.807) is 19.1 Å². The van der Waals surface area contributed by atoms with E-state index < -0.39 is 0 Å². The molecule has 0 amide bonds. The second-order valence-electron chi connectivity index (χ2n) is 6.21. The number of halogens is 1. The molecule has 0 saturated carbocycles. The number of Topliss-reactive ketones (excluding diaryl/α,β-unsaturated/α-hetero) is 1. The first kappa shape index (κ1) is 16.2. The van der Waals surface area contributed by atoms with Crippen LogP contribution in [0.5, 0.6) is 0 Å². The van der Waals surface area contributed by atoms with Crippen LogP contribution in [0.1, 0.15) is 54.9 Å². The number of carbonyl (C=O) groups is 1. The summed E-state index contributed by atoms with van der Waals surface area (Å²) < 4.78 is 13.5. The van der Waals surface area contributed by atoms with E-state index in [0.717, 1.165) is 25.6 Å². The lowest BCUT2D eigenvalue weighted by Crippen LogP contribution is -2.35. The Morgan fingerprint density at radius 3 is 2.67 bits per heavy atom. The summed E-state index contributed by atoms with van der Waals surface area (Å²) in [5.74, 6) is 0.624. The highest BCUT2D eigenvalue weighted by Gasteiger charge is 2.19. The van der Waals surface area contributed by atoms with Gasteiger partial charge >= 0.3 is 0 Å². The van der Waals surface area contributed by atoms with Crippen molar-refractivity contribution in [3.8, 4) is 0 Å². The normalized spacial score (nSPS) is 17.1. The van der Waals surface area contributed by atoms with Gasteiger partial charge in [-0.15, -0.1) is 0 Å². The first-order valence-electron chi connectivity index (χ1n) is 8.12. The van der Waals surface area contributed by atoms with Gasteiger partial charge in [0.05, 0.1) is 0 Å². The molecule has 0 N–H and O–H groups in total. The minimum atomic E-state index is -0.291. The SMILES string of the molecule is CCCC1CCN(CCC(=O)c2ccc(C)c(F)c2)CC1. The standard InChI is InChI=1S/C18H26FNO/c1-3-4-15-7-10-20(11-8-15)12-9-18(21)16-6-5-14(2)17(19)13-16/h5-6,13,15H,3-4,7-12H2,1-2H3. The van der Waals surface area contributed by atoms with E-state index >= 15 is 0 Å². The van der Waals surface area contributed by atoms with E-state index in [-0.39, 0.29) is 11.6 Å². The van der Waals surface area contributed by atoms with Crippen molar-refractivity contribution in [2.24, 2.45) is 5.92 Å². The van der Waals surface area contributed by atoms with Crippen LogP contribution in [0.25, 0.3) is 0 Å². The molecule has 1 heterocycles. The number of hydrogen-bond donors (Lipinski definition) is 0. The molecule has 21 heavy (non-hydrogen) atoms. The van der Waals surface area contributed by atoms with Gasteiger partial charge in [0.1, 0.15) is 5.82 Å². The maximum absolute atomic E-state index is 13.5. The fourth-order valence-corrected chi connectivity index (χ4v) is 3.08. The first-order valence-corrected chi connectivity index (χ1v) is 8.12. The van der Waals surface area contributed by atoms with Gasteiger partial charge in [0, 0.05) is 18.5 Å². The van der Waals surface area contributed by atoms with Gasteiger partial charge < -0.3 is 4.90 Å². The van der Waals surface area contributed by atoms with Crippen molar-refractivity contribution in [2.75, 3.05) is 19.6 Å². The molecule has 1 aromatic rings. The van der Waals surface area contributed by atoms with Crippen molar-refractivity contribution in [3.63, 3.8) is 0 Å². The third kappa shape index (κ3) is 4.63. The third-order valence-electron chi connectivity index (χ3n) is 4.55. The Labute approximate surface area is 127 Å². The minimum absolute atomic E-state index is 0.0459. The Morgan fingerprint density at radius 2 is 2.05 bits per heavy atom. The van der Waals surface area contributed by atoms with E-state index in [4.69, 9.17) is 0 Å².